The Morgan fingerprint density at radius 1 is 1.00 bits per heavy atom. The Morgan fingerprint density at radius 2 is 1.59 bits per heavy atom. The highest BCUT2D eigenvalue weighted by atomic mass is 16.5. The van der Waals surface area contributed by atoms with Crippen LogP contribution >= 0.6 is 0 Å². The van der Waals surface area contributed by atoms with Crippen LogP contribution in [0.5, 0.6) is 11.5 Å². The smallest absolute Gasteiger partial charge is 0.271 e. The van der Waals surface area contributed by atoms with Gasteiger partial charge in [0.05, 0.1) is 20.6 Å². The Labute approximate surface area is 170 Å². The summed E-state index contributed by atoms with van der Waals surface area (Å²) >= 11 is 0. The summed E-state index contributed by atoms with van der Waals surface area (Å²) in [4.78, 5) is 26.5. The maximum absolute atomic E-state index is 12.3. The van der Waals surface area contributed by atoms with E-state index in [9.17, 15) is 9.59 Å². The second-order valence-corrected chi connectivity index (χ2v) is 6.56. The Hall–Kier alpha value is -3.55. The third kappa shape index (κ3) is 6.53. The van der Waals surface area contributed by atoms with E-state index in [1.165, 1.54) is 14.2 Å². The molecule has 2 amide bonds. The van der Waals surface area contributed by atoms with Gasteiger partial charge in [0.15, 0.2) is 0 Å². The molecule has 0 aromatic heterocycles. The second-order valence-electron chi connectivity index (χ2n) is 6.56. The van der Waals surface area contributed by atoms with Crippen molar-refractivity contribution in [3.63, 3.8) is 0 Å². The average molecular weight is 398 g/mol. The molecule has 0 aliphatic heterocycles. The predicted molar refractivity (Wildman–Crippen MR) is 114 cm³/mol. The second kappa shape index (κ2) is 10.1. The molecule has 0 atom stereocenters. The molecule has 0 bridgehead atoms. The van der Waals surface area contributed by atoms with Crippen LogP contribution in [0, 0.1) is 0 Å². The van der Waals surface area contributed by atoms with Crippen LogP contribution < -0.4 is 25.1 Å². The molecule has 0 unspecified atom stereocenters. The van der Waals surface area contributed by atoms with Crippen LogP contribution in [0.3, 0.4) is 0 Å². The van der Waals surface area contributed by atoms with Gasteiger partial charge in [-0.2, -0.15) is 5.10 Å². The standard InChI is InChI=1S/C21H26N4O4/c1-14(10-20(26)22-16-6-8-17(9-7-16)25(2)3)23-24-21(27)15-11-18(28-4)13-19(12-15)29-5/h6-9,11-13H,10H2,1-5H3,(H,22,26)(H,24,27)/b23-14+. The molecule has 0 spiro atoms. The molecule has 8 heteroatoms. The zero-order valence-electron chi connectivity index (χ0n) is 17.3. The topological polar surface area (TPSA) is 92.3 Å². The van der Waals surface area contributed by atoms with Gasteiger partial charge in [-0.15, -0.1) is 0 Å². The zero-order valence-corrected chi connectivity index (χ0v) is 17.3. The number of methoxy groups -OCH3 is 2. The highest BCUT2D eigenvalue weighted by Gasteiger charge is 2.10. The average Bonchev–Trinajstić information content (AvgIpc) is 2.71. The number of amides is 2. The van der Waals surface area contributed by atoms with Crippen LogP contribution in [-0.2, 0) is 4.79 Å². The molecule has 0 heterocycles. The molecule has 2 aromatic carbocycles. The van der Waals surface area contributed by atoms with Crippen molar-refractivity contribution in [2.75, 3.05) is 38.5 Å². The SMILES string of the molecule is COc1cc(OC)cc(C(=O)N/N=C(\C)CC(=O)Nc2ccc(N(C)C)cc2)c1. The van der Waals surface area contributed by atoms with Crippen molar-refractivity contribution < 1.29 is 19.1 Å². The number of hydrogen-bond donors (Lipinski definition) is 2. The number of rotatable bonds is 8. The summed E-state index contributed by atoms with van der Waals surface area (Å²) in [5.74, 6) is 0.340. The third-order valence-corrected chi connectivity index (χ3v) is 4.05. The molecule has 0 radical (unpaired) electrons. The van der Waals surface area contributed by atoms with Crippen LogP contribution in [0.25, 0.3) is 0 Å². The summed E-state index contributed by atoms with van der Waals surface area (Å²) < 4.78 is 10.3. The first-order valence-electron chi connectivity index (χ1n) is 8.96. The third-order valence-electron chi connectivity index (χ3n) is 4.05. The van der Waals surface area contributed by atoms with Crippen molar-refractivity contribution in [1.82, 2.24) is 5.43 Å². The number of ether oxygens (including phenoxy) is 2. The highest BCUT2D eigenvalue weighted by Crippen LogP contribution is 2.22. The molecular weight excluding hydrogens is 372 g/mol. The van der Waals surface area contributed by atoms with E-state index in [0.29, 0.717) is 28.5 Å². The first-order valence-corrected chi connectivity index (χ1v) is 8.96. The van der Waals surface area contributed by atoms with E-state index in [2.05, 4.69) is 15.8 Å². The lowest BCUT2D eigenvalue weighted by Crippen LogP contribution is -2.21. The predicted octanol–water partition coefficient (Wildman–Crippen LogP) is 2.90. The van der Waals surface area contributed by atoms with Gasteiger partial charge in [0.25, 0.3) is 5.91 Å². The van der Waals surface area contributed by atoms with E-state index in [4.69, 9.17) is 9.47 Å². The Balaban J connectivity index is 1.93. The van der Waals surface area contributed by atoms with E-state index in [1.54, 1.807) is 25.1 Å². The lowest BCUT2D eigenvalue weighted by atomic mass is 10.2. The fourth-order valence-electron chi connectivity index (χ4n) is 2.47. The number of anilines is 2. The Bertz CT molecular complexity index is 870. The maximum Gasteiger partial charge on any atom is 0.271 e. The molecule has 2 aromatic rings. The van der Waals surface area contributed by atoms with Crippen molar-refractivity contribution in [1.29, 1.82) is 0 Å². The molecule has 0 fully saturated rings. The first-order chi connectivity index (χ1) is 13.8. The number of carbonyl (C=O) groups is 2. The minimum absolute atomic E-state index is 0.0527. The summed E-state index contributed by atoms with van der Waals surface area (Å²) in [5, 5.41) is 6.80. The lowest BCUT2D eigenvalue weighted by molar-refractivity contribution is -0.115. The van der Waals surface area contributed by atoms with Gasteiger partial charge in [0.1, 0.15) is 11.5 Å². The van der Waals surface area contributed by atoms with Crippen molar-refractivity contribution in [3.8, 4) is 11.5 Å². The minimum atomic E-state index is -0.429. The van der Waals surface area contributed by atoms with E-state index in [-0.39, 0.29) is 12.3 Å². The minimum Gasteiger partial charge on any atom is -0.497 e. The van der Waals surface area contributed by atoms with Gasteiger partial charge < -0.3 is 19.7 Å². The first kappa shape index (κ1) is 21.7. The summed E-state index contributed by atoms with van der Waals surface area (Å²) in [5.41, 5.74) is 4.98. The van der Waals surface area contributed by atoms with Crippen molar-refractivity contribution in [2.45, 2.75) is 13.3 Å². The number of nitrogens with one attached hydrogen (secondary N) is 2. The quantitative estimate of drug-likeness (QED) is 0.527. The molecule has 2 rings (SSSR count). The van der Waals surface area contributed by atoms with E-state index in [0.717, 1.165) is 5.69 Å². The Morgan fingerprint density at radius 3 is 2.10 bits per heavy atom. The van der Waals surface area contributed by atoms with Crippen molar-refractivity contribution >= 4 is 28.9 Å². The van der Waals surface area contributed by atoms with Crippen molar-refractivity contribution in [3.05, 3.63) is 48.0 Å². The molecule has 29 heavy (non-hydrogen) atoms. The van der Waals surface area contributed by atoms with Gasteiger partial charge in [0.2, 0.25) is 5.91 Å². The van der Waals surface area contributed by atoms with Gasteiger partial charge in [-0.1, -0.05) is 0 Å². The number of hydrogen-bond acceptors (Lipinski definition) is 6. The summed E-state index contributed by atoms with van der Waals surface area (Å²) in [6.07, 6.45) is 0.0527. The summed E-state index contributed by atoms with van der Waals surface area (Å²) in [6, 6.07) is 12.3. The van der Waals surface area contributed by atoms with Gasteiger partial charge in [0, 0.05) is 42.8 Å². The molecule has 2 N–H and O–H groups in total. The van der Waals surface area contributed by atoms with Gasteiger partial charge in [-0.05, 0) is 43.3 Å². The van der Waals surface area contributed by atoms with Crippen LogP contribution in [0.2, 0.25) is 0 Å². The molecular formula is C21H26N4O4. The number of hydrazone groups is 1. The van der Waals surface area contributed by atoms with Crippen molar-refractivity contribution in [2.24, 2.45) is 5.10 Å². The fraction of sp³-hybridized carbons (Fsp3) is 0.286. The number of carbonyl (C=O) groups excluding carboxylic acids is 2. The van der Waals surface area contributed by atoms with E-state index < -0.39 is 5.91 Å². The summed E-state index contributed by atoms with van der Waals surface area (Å²) in [7, 11) is 6.91. The molecule has 0 aliphatic rings. The molecule has 8 nitrogen and oxygen atoms in total. The number of benzene rings is 2. The van der Waals surface area contributed by atoms with Gasteiger partial charge >= 0.3 is 0 Å². The molecule has 0 saturated carbocycles. The normalized spacial score (nSPS) is 10.9. The van der Waals surface area contributed by atoms with Crippen LogP contribution in [0.1, 0.15) is 23.7 Å². The monoisotopic (exact) mass is 398 g/mol. The lowest BCUT2D eigenvalue weighted by Gasteiger charge is -2.13. The largest absolute Gasteiger partial charge is 0.497 e. The number of nitrogens with zero attached hydrogens (tertiary/aromatic N) is 2. The molecule has 0 aliphatic carbocycles. The van der Waals surface area contributed by atoms with Crippen LogP contribution in [0.15, 0.2) is 47.6 Å². The Kier molecular flexibility index (Phi) is 7.59. The van der Waals surface area contributed by atoms with Gasteiger partial charge in [-0.3, -0.25) is 9.59 Å². The van der Waals surface area contributed by atoms with Gasteiger partial charge in [-0.25, -0.2) is 5.43 Å². The fourth-order valence-corrected chi connectivity index (χ4v) is 2.47. The van der Waals surface area contributed by atoms with E-state index >= 15 is 0 Å². The maximum atomic E-state index is 12.3. The molecule has 154 valence electrons. The summed E-state index contributed by atoms with van der Waals surface area (Å²) in [6.45, 7) is 1.67. The zero-order chi connectivity index (χ0) is 21.4. The van der Waals surface area contributed by atoms with E-state index in [1.807, 2.05) is 43.3 Å². The highest BCUT2D eigenvalue weighted by molar-refractivity contribution is 6.06. The van der Waals surface area contributed by atoms with Crippen LogP contribution in [-0.4, -0.2) is 45.8 Å². The van der Waals surface area contributed by atoms with Crippen LogP contribution in [0.4, 0.5) is 11.4 Å². The molecule has 0 saturated heterocycles.